The average molecular weight is 217 g/mol. The van der Waals surface area contributed by atoms with E-state index in [0.717, 1.165) is 18.5 Å². The van der Waals surface area contributed by atoms with Crippen molar-refractivity contribution in [3.8, 4) is 0 Å². The first-order chi connectivity index (χ1) is 7.83. The molecule has 4 aliphatic rings. The van der Waals surface area contributed by atoms with E-state index in [1.165, 1.54) is 44.5 Å². The fraction of sp³-hybridized carbons (Fsp3) is 0.769. The third-order valence-electron chi connectivity index (χ3n) is 4.50. The third-order valence-corrected chi connectivity index (χ3v) is 4.50. The summed E-state index contributed by atoms with van der Waals surface area (Å²) in [5.41, 5.74) is 4.47. The van der Waals surface area contributed by atoms with Crippen molar-refractivity contribution in [2.24, 2.45) is 0 Å². The van der Waals surface area contributed by atoms with Crippen LogP contribution in [0.15, 0.2) is 0 Å². The van der Waals surface area contributed by atoms with E-state index >= 15 is 0 Å². The van der Waals surface area contributed by atoms with Crippen LogP contribution in [0.25, 0.3) is 0 Å². The predicted octanol–water partition coefficient (Wildman–Crippen LogP) is 2.22. The van der Waals surface area contributed by atoms with Crippen molar-refractivity contribution >= 4 is 0 Å². The highest BCUT2D eigenvalue weighted by Gasteiger charge is 2.36. The van der Waals surface area contributed by atoms with Crippen LogP contribution in [0.4, 0.5) is 0 Å². The molecule has 0 unspecified atom stereocenters. The van der Waals surface area contributed by atoms with Crippen LogP contribution in [0.5, 0.6) is 0 Å². The van der Waals surface area contributed by atoms with Crippen LogP contribution >= 0.6 is 0 Å². The van der Waals surface area contributed by atoms with Gasteiger partial charge in [-0.1, -0.05) is 0 Å². The smallest absolute Gasteiger partial charge is 0.0641 e. The Bertz CT molecular complexity index is 423. The van der Waals surface area contributed by atoms with Crippen molar-refractivity contribution in [3.63, 3.8) is 0 Å². The van der Waals surface area contributed by atoms with Gasteiger partial charge in [0.05, 0.1) is 11.7 Å². The first-order valence-electron chi connectivity index (χ1n) is 6.63. The molecule has 0 N–H and O–H groups in total. The molecule has 0 radical (unpaired) electrons. The van der Waals surface area contributed by atoms with Gasteiger partial charge >= 0.3 is 0 Å². The maximum Gasteiger partial charge on any atom is 0.0641 e. The minimum Gasteiger partial charge on any atom is -0.299 e. The van der Waals surface area contributed by atoms with Crippen LogP contribution < -0.4 is 0 Å². The second-order valence-electron chi connectivity index (χ2n) is 5.68. The molecule has 0 amide bonds. The van der Waals surface area contributed by atoms with E-state index in [2.05, 4.69) is 16.5 Å². The fourth-order valence-electron chi connectivity index (χ4n) is 3.41. The highest BCUT2D eigenvalue weighted by atomic mass is 15.3. The van der Waals surface area contributed by atoms with Gasteiger partial charge in [-0.25, -0.2) is 0 Å². The third kappa shape index (κ3) is 1.21. The summed E-state index contributed by atoms with van der Waals surface area (Å²) in [6.45, 7) is 5.95. The van der Waals surface area contributed by atoms with E-state index in [-0.39, 0.29) is 0 Å². The molecule has 16 heavy (non-hydrogen) atoms. The SMILES string of the molecule is Cc1nn(C2CC2)c2c1CN1CCC2CC1. The van der Waals surface area contributed by atoms with Gasteiger partial charge in [0.1, 0.15) is 0 Å². The number of aromatic nitrogens is 2. The van der Waals surface area contributed by atoms with Crippen molar-refractivity contribution in [3.05, 3.63) is 17.0 Å². The summed E-state index contributed by atoms with van der Waals surface area (Å²) < 4.78 is 2.39. The number of piperidine rings is 1. The molecule has 0 aromatic carbocycles. The van der Waals surface area contributed by atoms with E-state index in [1.807, 2.05) is 0 Å². The molecule has 86 valence electrons. The zero-order chi connectivity index (χ0) is 10.7. The summed E-state index contributed by atoms with van der Waals surface area (Å²) >= 11 is 0. The molecular formula is C13H19N3. The first-order valence-corrected chi connectivity index (χ1v) is 6.63. The summed E-state index contributed by atoms with van der Waals surface area (Å²) in [7, 11) is 0. The number of nitrogens with zero attached hydrogens (tertiary/aromatic N) is 3. The van der Waals surface area contributed by atoms with Gasteiger partial charge < -0.3 is 0 Å². The standard InChI is InChI=1S/C13H19N3/c1-9-12-8-15-6-4-10(5-7-15)13(12)16(14-9)11-2-3-11/h10-11H,2-8H2,1H3. The average Bonchev–Trinajstić information content (AvgIpc) is 3.12. The van der Waals surface area contributed by atoms with Gasteiger partial charge in [-0.15, -0.1) is 0 Å². The van der Waals surface area contributed by atoms with Gasteiger partial charge in [0, 0.05) is 23.7 Å². The Kier molecular flexibility index (Phi) is 1.79. The van der Waals surface area contributed by atoms with Gasteiger partial charge in [0.25, 0.3) is 0 Å². The largest absolute Gasteiger partial charge is 0.299 e. The van der Waals surface area contributed by atoms with Crippen LogP contribution in [0, 0.1) is 6.92 Å². The van der Waals surface area contributed by atoms with E-state index in [9.17, 15) is 0 Å². The molecule has 1 saturated carbocycles. The van der Waals surface area contributed by atoms with E-state index < -0.39 is 0 Å². The van der Waals surface area contributed by atoms with Crippen LogP contribution in [-0.2, 0) is 6.54 Å². The second-order valence-corrected chi connectivity index (χ2v) is 5.68. The normalized spacial score (nSPS) is 32.6. The lowest BCUT2D eigenvalue weighted by atomic mass is 9.94. The minimum atomic E-state index is 0.745. The highest BCUT2D eigenvalue weighted by Crippen LogP contribution is 2.43. The van der Waals surface area contributed by atoms with E-state index in [1.54, 1.807) is 11.3 Å². The number of rotatable bonds is 1. The van der Waals surface area contributed by atoms with E-state index in [4.69, 9.17) is 5.10 Å². The summed E-state index contributed by atoms with van der Waals surface area (Å²) in [6, 6.07) is 0.745. The molecule has 1 aromatic rings. The molecule has 2 bridgehead atoms. The van der Waals surface area contributed by atoms with E-state index in [0.29, 0.717) is 0 Å². The zero-order valence-electron chi connectivity index (χ0n) is 9.95. The van der Waals surface area contributed by atoms with Gasteiger partial charge in [0.2, 0.25) is 0 Å². The quantitative estimate of drug-likeness (QED) is 0.719. The van der Waals surface area contributed by atoms with Crippen molar-refractivity contribution in [1.82, 2.24) is 14.7 Å². The molecule has 3 aliphatic heterocycles. The van der Waals surface area contributed by atoms with Gasteiger partial charge in [-0.05, 0) is 45.7 Å². The van der Waals surface area contributed by atoms with Crippen molar-refractivity contribution in [2.45, 2.75) is 51.1 Å². The monoisotopic (exact) mass is 217 g/mol. The summed E-state index contributed by atoms with van der Waals surface area (Å²) in [5.74, 6) is 0.801. The molecule has 2 fully saturated rings. The summed E-state index contributed by atoms with van der Waals surface area (Å²) in [5, 5.41) is 4.80. The Balaban J connectivity index is 1.88. The Morgan fingerprint density at radius 3 is 2.56 bits per heavy atom. The highest BCUT2D eigenvalue weighted by molar-refractivity contribution is 5.32. The number of fused-ring (bicyclic) bond motifs is 2. The van der Waals surface area contributed by atoms with Crippen LogP contribution in [0.1, 0.15) is 54.6 Å². The Morgan fingerprint density at radius 1 is 1.12 bits per heavy atom. The second kappa shape index (κ2) is 3.10. The van der Waals surface area contributed by atoms with Gasteiger partial charge in [-0.2, -0.15) is 5.10 Å². The Labute approximate surface area is 96.4 Å². The predicted molar refractivity (Wildman–Crippen MR) is 62.5 cm³/mol. The molecule has 3 nitrogen and oxygen atoms in total. The van der Waals surface area contributed by atoms with Crippen LogP contribution in [0.2, 0.25) is 0 Å². The lowest BCUT2D eigenvalue weighted by Gasteiger charge is -2.27. The lowest BCUT2D eigenvalue weighted by molar-refractivity contribution is 0.217. The number of hydrogen-bond acceptors (Lipinski definition) is 2. The molecule has 0 atom stereocenters. The topological polar surface area (TPSA) is 21.1 Å². The molecule has 0 spiro atoms. The van der Waals surface area contributed by atoms with Gasteiger partial charge in [-0.3, -0.25) is 9.58 Å². The maximum absolute atomic E-state index is 4.80. The molecule has 4 heterocycles. The molecule has 3 heteroatoms. The zero-order valence-corrected chi connectivity index (χ0v) is 9.95. The van der Waals surface area contributed by atoms with Crippen LogP contribution in [0.3, 0.4) is 0 Å². The lowest BCUT2D eigenvalue weighted by Crippen LogP contribution is -2.29. The fourth-order valence-corrected chi connectivity index (χ4v) is 3.41. The van der Waals surface area contributed by atoms with Crippen molar-refractivity contribution < 1.29 is 0 Å². The molecule has 1 saturated heterocycles. The molecule has 5 rings (SSSR count). The van der Waals surface area contributed by atoms with Gasteiger partial charge in [0.15, 0.2) is 0 Å². The summed E-state index contributed by atoms with van der Waals surface area (Å²) in [4.78, 5) is 2.61. The maximum atomic E-state index is 4.80. The molecular weight excluding hydrogens is 198 g/mol. The van der Waals surface area contributed by atoms with Crippen LogP contribution in [-0.4, -0.2) is 27.8 Å². The molecule has 1 aliphatic carbocycles. The number of hydrogen-bond donors (Lipinski definition) is 0. The Hall–Kier alpha value is -0.830. The Morgan fingerprint density at radius 2 is 1.88 bits per heavy atom. The first kappa shape index (κ1) is 9.23. The van der Waals surface area contributed by atoms with Crippen molar-refractivity contribution in [1.29, 1.82) is 0 Å². The molecule has 1 aromatic heterocycles. The van der Waals surface area contributed by atoms with Crippen molar-refractivity contribution in [2.75, 3.05) is 13.1 Å². The summed E-state index contributed by atoms with van der Waals surface area (Å²) in [6.07, 6.45) is 5.41. The minimum absolute atomic E-state index is 0.745. The number of aryl methyl sites for hydroxylation is 1.